The Labute approximate surface area is 82.5 Å². The van der Waals surface area contributed by atoms with Gasteiger partial charge in [-0.25, -0.2) is 4.79 Å². The zero-order valence-electron chi connectivity index (χ0n) is 7.54. The van der Waals surface area contributed by atoms with Gasteiger partial charge in [0.15, 0.2) is 0 Å². The number of hydroxylamine groups is 1. The summed E-state index contributed by atoms with van der Waals surface area (Å²) in [6.07, 6.45) is 1.50. The van der Waals surface area contributed by atoms with E-state index in [1.165, 1.54) is 0 Å². The minimum atomic E-state index is -0.720. The van der Waals surface area contributed by atoms with Crippen LogP contribution in [0.25, 0.3) is 0 Å². The van der Waals surface area contributed by atoms with Crippen LogP contribution in [0, 0.1) is 0 Å². The van der Waals surface area contributed by atoms with Crippen molar-refractivity contribution in [2.75, 3.05) is 12.7 Å². The van der Waals surface area contributed by atoms with Crippen LogP contribution in [0.1, 0.15) is 12.8 Å². The van der Waals surface area contributed by atoms with Crippen LogP contribution in [0.5, 0.6) is 0 Å². The summed E-state index contributed by atoms with van der Waals surface area (Å²) in [5.74, 6) is -1.05. The third-order valence-electron chi connectivity index (χ3n) is 1.84. The maximum atomic E-state index is 11.2. The van der Waals surface area contributed by atoms with E-state index in [4.69, 9.17) is 0 Å². The van der Waals surface area contributed by atoms with Gasteiger partial charge in [0.1, 0.15) is 6.04 Å². The summed E-state index contributed by atoms with van der Waals surface area (Å²) >= 11 is 0. The molecule has 1 amide bonds. The fraction of sp³-hybridized carbons (Fsp3) is 0.714. The summed E-state index contributed by atoms with van der Waals surface area (Å²) < 4.78 is 10.1. The average molecular weight is 219 g/mol. The Morgan fingerprint density at radius 2 is 2.36 bits per heavy atom. The molecular weight excluding hydrogens is 207 g/mol. The molecule has 14 heavy (non-hydrogen) atoms. The fourth-order valence-corrected chi connectivity index (χ4v) is 1.37. The molecular formula is C7H12N2O4P+. The molecule has 7 heteroatoms. The van der Waals surface area contributed by atoms with Crippen LogP contribution in [-0.4, -0.2) is 30.6 Å². The van der Waals surface area contributed by atoms with E-state index < -0.39 is 20.3 Å². The summed E-state index contributed by atoms with van der Waals surface area (Å²) in [7, 11) is -0.720. The van der Waals surface area contributed by atoms with Gasteiger partial charge in [0, 0.05) is 0 Å². The highest BCUT2D eigenvalue weighted by molar-refractivity contribution is 7.25. The normalized spacial score (nSPS) is 20.7. The largest absolute Gasteiger partial charge is 0.348 e. The molecule has 1 heterocycles. The molecule has 1 fully saturated rings. The molecule has 0 aliphatic carbocycles. The summed E-state index contributed by atoms with van der Waals surface area (Å²) in [5.41, 5.74) is 1.94. The first-order valence-corrected chi connectivity index (χ1v) is 5.43. The van der Waals surface area contributed by atoms with Crippen molar-refractivity contribution in [2.45, 2.75) is 18.9 Å². The summed E-state index contributed by atoms with van der Waals surface area (Å²) in [5, 5.41) is 2.93. The zero-order valence-corrected chi connectivity index (χ0v) is 8.54. The highest BCUT2D eigenvalue weighted by Crippen LogP contribution is 2.05. The van der Waals surface area contributed by atoms with Crippen LogP contribution in [0.2, 0.25) is 0 Å². The first kappa shape index (κ1) is 11.1. The van der Waals surface area contributed by atoms with E-state index in [1.54, 1.807) is 0 Å². The summed E-state index contributed by atoms with van der Waals surface area (Å²) in [6, 6.07) is -0.329. The lowest BCUT2D eigenvalue weighted by Gasteiger charge is -2.08. The first-order chi connectivity index (χ1) is 6.74. The van der Waals surface area contributed by atoms with Crippen molar-refractivity contribution in [1.29, 1.82) is 0 Å². The number of hydrogen-bond acceptors (Lipinski definition) is 5. The van der Waals surface area contributed by atoms with Crippen LogP contribution in [0.3, 0.4) is 0 Å². The van der Waals surface area contributed by atoms with Crippen molar-refractivity contribution < 1.29 is 19.0 Å². The average Bonchev–Trinajstić information content (AvgIpc) is 2.67. The van der Waals surface area contributed by atoms with E-state index in [-0.39, 0.29) is 12.2 Å². The SMILES string of the molecule is O=[PH+]CC(=O)NOC(=O)[C@@H]1CCCN1. The zero-order chi connectivity index (χ0) is 10.4. The van der Waals surface area contributed by atoms with Gasteiger partial charge in [0.05, 0.1) is 0 Å². The lowest BCUT2D eigenvalue weighted by molar-refractivity contribution is -0.159. The Bertz CT molecular complexity index is 240. The number of rotatable bonds is 3. The van der Waals surface area contributed by atoms with E-state index in [2.05, 4.69) is 10.2 Å². The number of nitrogens with one attached hydrogen (secondary N) is 2. The summed E-state index contributed by atoms with van der Waals surface area (Å²) in [4.78, 5) is 26.4. The molecule has 0 radical (unpaired) electrons. The lowest BCUT2D eigenvalue weighted by Crippen LogP contribution is -2.38. The number of hydrogen-bond donors (Lipinski definition) is 2. The molecule has 0 aromatic rings. The molecule has 0 aromatic heterocycles. The fourth-order valence-electron chi connectivity index (χ4n) is 1.17. The van der Waals surface area contributed by atoms with Gasteiger partial charge in [0.2, 0.25) is 6.16 Å². The molecule has 6 nitrogen and oxygen atoms in total. The molecule has 1 aliphatic heterocycles. The van der Waals surface area contributed by atoms with Gasteiger partial charge in [-0.05, 0) is 19.4 Å². The van der Waals surface area contributed by atoms with Crippen molar-refractivity contribution >= 4 is 20.3 Å². The second-order valence-corrected chi connectivity index (χ2v) is 3.56. The maximum absolute atomic E-state index is 11.2. The monoisotopic (exact) mass is 219 g/mol. The second kappa shape index (κ2) is 5.67. The quantitative estimate of drug-likeness (QED) is 0.486. The highest BCUT2D eigenvalue weighted by atomic mass is 31.1. The van der Waals surface area contributed by atoms with E-state index in [0.29, 0.717) is 0 Å². The molecule has 78 valence electrons. The number of carbonyl (C=O) groups is 2. The molecule has 1 unspecified atom stereocenters. The van der Waals surface area contributed by atoms with Crippen molar-refractivity contribution in [1.82, 2.24) is 10.8 Å². The standard InChI is InChI=1S/C7H11N2O4P/c10-6(4-14-12)9-13-7(11)5-2-1-3-8-5/h5,8H,1-4H2,(H,9,10)/p+1/t5-/m0/s1. The lowest BCUT2D eigenvalue weighted by atomic mass is 10.2. The minimum absolute atomic E-state index is 0.147. The van der Waals surface area contributed by atoms with E-state index >= 15 is 0 Å². The van der Waals surface area contributed by atoms with Gasteiger partial charge in [-0.1, -0.05) is 4.57 Å². The third-order valence-corrected chi connectivity index (χ3v) is 2.31. The van der Waals surface area contributed by atoms with Crippen LogP contribution < -0.4 is 10.8 Å². The van der Waals surface area contributed by atoms with Gasteiger partial charge in [-0.2, -0.15) is 5.48 Å². The van der Waals surface area contributed by atoms with Crippen molar-refractivity contribution in [2.24, 2.45) is 0 Å². The second-order valence-electron chi connectivity index (χ2n) is 2.92. The summed E-state index contributed by atoms with van der Waals surface area (Å²) in [6.45, 7) is 0.787. The smallest absolute Gasteiger partial charge is 0.339 e. The van der Waals surface area contributed by atoms with E-state index in [1.807, 2.05) is 5.48 Å². The van der Waals surface area contributed by atoms with Gasteiger partial charge < -0.3 is 10.2 Å². The van der Waals surface area contributed by atoms with Crippen molar-refractivity contribution in [3.05, 3.63) is 0 Å². The molecule has 1 aliphatic rings. The molecule has 0 bridgehead atoms. The van der Waals surface area contributed by atoms with Crippen LogP contribution >= 0.6 is 8.46 Å². The predicted molar refractivity (Wildman–Crippen MR) is 49.1 cm³/mol. The van der Waals surface area contributed by atoms with Gasteiger partial charge >= 0.3 is 20.3 Å². The van der Waals surface area contributed by atoms with Gasteiger partial charge in [-0.15, -0.1) is 0 Å². The third kappa shape index (κ3) is 3.40. The molecule has 1 rings (SSSR count). The van der Waals surface area contributed by atoms with Crippen LogP contribution in [0.15, 0.2) is 0 Å². The highest BCUT2D eigenvalue weighted by Gasteiger charge is 2.24. The van der Waals surface area contributed by atoms with Crippen molar-refractivity contribution in [3.63, 3.8) is 0 Å². The predicted octanol–water partition coefficient (Wildman–Crippen LogP) is -0.663. The van der Waals surface area contributed by atoms with E-state index in [0.717, 1.165) is 19.4 Å². The number of carbonyl (C=O) groups excluding carboxylic acids is 2. The van der Waals surface area contributed by atoms with Gasteiger partial charge in [-0.3, -0.25) is 4.79 Å². The molecule has 1 saturated heterocycles. The maximum Gasteiger partial charge on any atom is 0.348 e. The van der Waals surface area contributed by atoms with Gasteiger partial charge in [0.25, 0.3) is 0 Å². The van der Waals surface area contributed by atoms with Crippen LogP contribution in [0.4, 0.5) is 0 Å². The molecule has 0 saturated carbocycles. The Morgan fingerprint density at radius 1 is 1.57 bits per heavy atom. The van der Waals surface area contributed by atoms with Crippen LogP contribution in [-0.2, 0) is 19.0 Å². The molecule has 0 spiro atoms. The minimum Gasteiger partial charge on any atom is -0.339 e. The molecule has 0 aromatic carbocycles. The Hall–Kier alpha value is -1.00. The topological polar surface area (TPSA) is 84.5 Å². The Kier molecular flexibility index (Phi) is 4.49. The Balaban J connectivity index is 2.20. The Morgan fingerprint density at radius 3 is 2.93 bits per heavy atom. The first-order valence-electron chi connectivity index (χ1n) is 4.32. The molecule has 2 atom stereocenters. The van der Waals surface area contributed by atoms with Crippen molar-refractivity contribution in [3.8, 4) is 0 Å². The molecule has 2 N–H and O–H groups in total. The number of amides is 1. The van der Waals surface area contributed by atoms with E-state index in [9.17, 15) is 14.2 Å².